The number of carbonyl (C=O) groups is 2. The van der Waals surface area contributed by atoms with E-state index < -0.39 is 42.5 Å². The lowest BCUT2D eigenvalue weighted by Crippen LogP contribution is -2.47. The van der Waals surface area contributed by atoms with Gasteiger partial charge in [-0.25, -0.2) is 0 Å². The summed E-state index contributed by atoms with van der Waals surface area (Å²) < 4.78 is 78.6. The summed E-state index contributed by atoms with van der Waals surface area (Å²) in [5, 5.41) is 2.42. The second kappa shape index (κ2) is 12.4. The molecule has 208 valence electrons. The molecule has 1 aliphatic heterocycles. The summed E-state index contributed by atoms with van der Waals surface area (Å²) in [6, 6.07) is 5.87. The number of nitrogens with zero attached hydrogens (tertiary/aromatic N) is 1. The molecule has 0 aromatic heterocycles. The van der Waals surface area contributed by atoms with E-state index in [-0.39, 0.29) is 57.6 Å². The molecule has 4 nitrogen and oxygen atoms in total. The van der Waals surface area contributed by atoms with Gasteiger partial charge in [0.2, 0.25) is 5.91 Å². The third-order valence-corrected chi connectivity index (χ3v) is 7.25. The molecule has 1 N–H and O–H groups in total. The van der Waals surface area contributed by atoms with Crippen LogP contribution in [0.3, 0.4) is 0 Å². The second-order valence-corrected chi connectivity index (χ2v) is 10.1. The summed E-state index contributed by atoms with van der Waals surface area (Å²) in [5.41, 5.74) is 0.161. The molecular weight excluding hydrogens is 591 g/mol. The number of piperidine rings is 1. The Bertz CT molecular complexity index is 1240. The van der Waals surface area contributed by atoms with Crippen LogP contribution in [-0.2, 0) is 4.79 Å². The van der Waals surface area contributed by atoms with E-state index in [2.05, 4.69) is 5.32 Å². The SMILES string of the molecule is [B]c1cc(C=CC(c2cc(Cl)c(Cl)c(Cl)c2)C(F)(F)F)ccc1C(=O)NC1CCN(C(=O)CC(F)(F)F)CC1. The molecule has 3 rings (SSSR count). The highest BCUT2D eigenvalue weighted by Gasteiger charge is 2.39. The zero-order valence-electron chi connectivity index (χ0n) is 20.0. The van der Waals surface area contributed by atoms with Crippen molar-refractivity contribution < 1.29 is 35.9 Å². The minimum absolute atomic E-state index is 0.00795. The van der Waals surface area contributed by atoms with Crippen LogP contribution >= 0.6 is 34.8 Å². The van der Waals surface area contributed by atoms with Crippen molar-refractivity contribution in [1.29, 1.82) is 0 Å². The zero-order chi connectivity index (χ0) is 29.1. The largest absolute Gasteiger partial charge is 0.399 e. The molecule has 0 spiro atoms. The van der Waals surface area contributed by atoms with Gasteiger partial charge < -0.3 is 10.2 Å². The fraction of sp³-hybridized carbons (Fsp3) is 0.360. The number of hydrogen-bond acceptors (Lipinski definition) is 2. The van der Waals surface area contributed by atoms with E-state index in [0.717, 1.165) is 23.1 Å². The number of halogens is 9. The normalized spacial score (nSPS) is 16.0. The van der Waals surface area contributed by atoms with Gasteiger partial charge in [0.05, 0.1) is 21.0 Å². The van der Waals surface area contributed by atoms with Gasteiger partial charge >= 0.3 is 12.4 Å². The number of amides is 2. The van der Waals surface area contributed by atoms with Crippen molar-refractivity contribution in [3.8, 4) is 0 Å². The number of benzene rings is 2. The summed E-state index contributed by atoms with van der Waals surface area (Å²) in [6.07, 6.45) is -8.19. The Morgan fingerprint density at radius 3 is 2.13 bits per heavy atom. The molecule has 2 amide bonds. The number of rotatable bonds is 6. The van der Waals surface area contributed by atoms with Crippen LogP contribution in [0.1, 0.15) is 46.7 Å². The molecule has 0 bridgehead atoms. The summed E-state index contributed by atoms with van der Waals surface area (Å²) in [4.78, 5) is 25.5. The summed E-state index contributed by atoms with van der Waals surface area (Å²) in [7, 11) is 5.98. The first-order valence-electron chi connectivity index (χ1n) is 11.5. The Morgan fingerprint density at radius 1 is 1.03 bits per heavy atom. The van der Waals surface area contributed by atoms with E-state index in [9.17, 15) is 35.9 Å². The number of allylic oxidation sites excluding steroid dienone is 1. The molecule has 0 aliphatic carbocycles. The van der Waals surface area contributed by atoms with Gasteiger partial charge in [0.15, 0.2) is 0 Å². The first kappa shape index (κ1) is 31.2. The van der Waals surface area contributed by atoms with Crippen LogP contribution in [0.15, 0.2) is 36.4 Å². The van der Waals surface area contributed by atoms with Gasteiger partial charge in [0, 0.05) is 24.7 Å². The predicted octanol–water partition coefficient (Wildman–Crippen LogP) is 6.47. The van der Waals surface area contributed by atoms with Crippen molar-refractivity contribution in [3.05, 3.63) is 68.2 Å². The molecule has 2 radical (unpaired) electrons. The lowest BCUT2D eigenvalue weighted by molar-refractivity contribution is -0.162. The van der Waals surface area contributed by atoms with E-state index in [1.54, 1.807) is 0 Å². The quantitative estimate of drug-likeness (QED) is 0.231. The molecule has 2 aromatic rings. The van der Waals surface area contributed by atoms with Crippen molar-refractivity contribution in [2.75, 3.05) is 13.1 Å². The smallest absolute Gasteiger partial charge is 0.349 e. The monoisotopic (exact) mass is 610 g/mol. The Labute approximate surface area is 236 Å². The van der Waals surface area contributed by atoms with E-state index in [0.29, 0.717) is 5.56 Å². The highest BCUT2D eigenvalue weighted by Crippen LogP contribution is 2.41. The lowest BCUT2D eigenvalue weighted by Gasteiger charge is -2.32. The van der Waals surface area contributed by atoms with Crippen LogP contribution in [-0.4, -0.2) is 56.0 Å². The molecule has 2 aromatic carbocycles. The minimum atomic E-state index is -4.67. The average molecular weight is 612 g/mol. The zero-order valence-corrected chi connectivity index (χ0v) is 22.2. The van der Waals surface area contributed by atoms with E-state index in [1.165, 1.54) is 24.3 Å². The van der Waals surface area contributed by atoms with Crippen molar-refractivity contribution in [2.24, 2.45) is 0 Å². The van der Waals surface area contributed by atoms with Gasteiger partial charge in [-0.05, 0) is 42.2 Å². The highest BCUT2D eigenvalue weighted by molar-refractivity contribution is 6.48. The van der Waals surface area contributed by atoms with Gasteiger partial charge in [-0.15, -0.1) is 0 Å². The number of hydrogen-bond donors (Lipinski definition) is 1. The second-order valence-electron chi connectivity index (χ2n) is 8.94. The van der Waals surface area contributed by atoms with Gasteiger partial charge in [-0.2, -0.15) is 26.3 Å². The van der Waals surface area contributed by atoms with Crippen LogP contribution < -0.4 is 10.8 Å². The number of alkyl halides is 6. The van der Waals surface area contributed by atoms with Crippen molar-refractivity contribution in [3.63, 3.8) is 0 Å². The molecule has 1 aliphatic rings. The van der Waals surface area contributed by atoms with Crippen LogP contribution in [0.25, 0.3) is 6.08 Å². The number of likely N-dealkylation sites (tertiary alicyclic amines) is 1. The Morgan fingerprint density at radius 2 is 1.62 bits per heavy atom. The lowest BCUT2D eigenvalue weighted by atomic mass is 9.87. The number of carbonyl (C=O) groups excluding carboxylic acids is 2. The summed E-state index contributed by atoms with van der Waals surface area (Å²) in [5.74, 6) is -3.63. The number of nitrogens with one attached hydrogen (secondary N) is 1. The molecular formula is C25H20BCl3F6N2O2. The van der Waals surface area contributed by atoms with Crippen LogP contribution in [0, 0.1) is 0 Å². The minimum Gasteiger partial charge on any atom is -0.349 e. The molecule has 1 fully saturated rings. The van der Waals surface area contributed by atoms with E-state index in [1.807, 2.05) is 0 Å². The Balaban J connectivity index is 1.66. The van der Waals surface area contributed by atoms with Gasteiger partial charge in [-0.1, -0.05) is 64.6 Å². The highest BCUT2D eigenvalue weighted by atomic mass is 35.5. The maximum atomic E-state index is 13.8. The van der Waals surface area contributed by atoms with Crippen LogP contribution in [0.5, 0.6) is 0 Å². The molecule has 39 heavy (non-hydrogen) atoms. The van der Waals surface area contributed by atoms with Crippen molar-refractivity contribution >= 4 is 66.0 Å². The van der Waals surface area contributed by atoms with Crippen LogP contribution in [0.2, 0.25) is 15.1 Å². The third-order valence-electron chi connectivity index (χ3n) is 6.05. The molecule has 1 atom stereocenters. The Hall–Kier alpha value is -2.37. The molecule has 0 saturated carbocycles. The summed E-state index contributed by atoms with van der Waals surface area (Å²) in [6.45, 7) is 0.118. The fourth-order valence-corrected chi connectivity index (χ4v) is 4.70. The van der Waals surface area contributed by atoms with Gasteiger partial charge in [0.25, 0.3) is 5.91 Å². The average Bonchev–Trinajstić information content (AvgIpc) is 2.81. The summed E-state index contributed by atoms with van der Waals surface area (Å²) >= 11 is 17.6. The standard InChI is InChI=1S/C25H20BCl3F6N2O2/c26-18-9-13(2-4-17(25(33,34)35)14-10-19(27)22(29)20(28)11-14)1-3-16(18)23(39)36-15-5-7-37(8-6-15)21(38)12-24(30,31)32/h1-4,9-11,15,17H,5-8,12H2,(H,36,39). The molecule has 1 unspecified atom stereocenters. The van der Waals surface area contributed by atoms with Crippen molar-refractivity contribution in [1.82, 2.24) is 10.2 Å². The van der Waals surface area contributed by atoms with Crippen LogP contribution in [0.4, 0.5) is 26.3 Å². The van der Waals surface area contributed by atoms with E-state index >= 15 is 0 Å². The molecule has 1 heterocycles. The van der Waals surface area contributed by atoms with Gasteiger partial charge in [0.1, 0.15) is 14.3 Å². The Kier molecular flexibility index (Phi) is 9.94. The van der Waals surface area contributed by atoms with Gasteiger partial charge in [-0.3, -0.25) is 9.59 Å². The topological polar surface area (TPSA) is 49.4 Å². The predicted molar refractivity (Wildman–Crippen MR) is 139 cm³/mol. The first-order chi connectivity index (χ1) is 18.0. The first-order valence-corrected chi connectivity index (χ1v) is 12.6. The maximum absolute atomic E-state index is 13.8. The van der Waals surface area contributed by atoms with E-state index in [4.69, 9.17) is 42.6 Å². The van der Waals surface area contributed by atoms with Crippen molar-refractivity contribution in [2.45, 2.75) is 43.6 Å². The maximum Gasteiger partial charge on any atom is 0.399 e. The molecule has 1 saturated heterocycles. The molecule has 14 heteroatoms. The fourth-order valence-electron chi connectivity index (χ4n) is 4.08. The third kappa shape index (κ3) is 8.56.